The first-order valence-corrected chi connectivity index (χ1v) is 6.56. The van der Waals surface area contributed by atoms with E-state index in [4.69, 9.17) is 22.1 Å². The fourth-order valence-electron chi connectivity index (χ4n) is 1.94. The minimum absolute atomic E-state index is 0.462. The minimum atomic E-state index is 0.462. The maximum atomic E-state index is 6.08. The molecule has 98 valence electrons. The van der Waals surface area contributed by atoms with E-state index in [0.29, 0.717) is 12.5 Å². The molecule has 2 rings (SSSR count). The van der Waals surface area contributed by atoms with Gasteiger partial charge in [0.1, 0.15) is 5.75 Å². The Morgan fingerprint density at radius 2 is 2.39 bits per heavy atom. The van der Waals surface area contributed by atoms with Gasteiger partial charge in [0.15, 0.2) is 5.96 Å². The van der Waals surface area contributed by atoms with E-state index >= 15 is 0 Å². The number of nitrogens with one attached hydrogen (secondary N) is 1. The van der Waals surface area contributed by atoms with Crippen LogP contribution < -0.4 is 15.8 Å². The van der Waals surface area contributed by atoms with Gasteiger partial charge in [0.2, 0.25) is 0 Å². The summed E-state index contributed by atoms with van der Waals surface area (Å²) in [5, 5.41) is 3.77. The predicted molar refractivity (Wildman–Crippen MR) is 74.3 cm³/mol. The summed E-state index contributed by atoms with van der Waals surface area (Å²) in [6.07, 6.45) is 1.93. The molecule has 1 aliphatic rings. The summed E-state index contributed by atoms with van der Waals surface area (Å²) in [6.45, 7) is 4.12. The third-order valence-electron chi connectivity index (χ3n) is 2.80. The van der Waals surface area contributed by atoms with Gasteiger partial charge in [0.05, 0.1) is 13.2 Å². The van der Waals surface area contributed by atoms with Gasteiger partial charge < -0.3 is 15.8 Å². The van der Waals surface area contributed by atoms with Crippen LogP contribution in [0.25, 0.3) is 0 Å². The zero-order valence-corrected chi connectivity index (χ0v) is 11.3. The van der Waals surface area contributed by atoms with Crippen molar-refractivity contribution in [3.63, 3.8) is 0 Å². The molecule has 3 N–H and O–H groups in total. The van der Waals surface area contributed by atoms with Gasteiger partial charge in [0.25, 0.3) is 0 Å². The van der Waals surface area contributed by atoms with Crippen LogP contribution in [0.1, 0.15) is 24.5 Å². The monoisotopic (exact) mass is 267 g/mol. The van der Waals surface area contributed by atoms with Crippen molar-refractivity contribution in [2.45, 2.75) is 26.3 Å². The molecule has 1 aromatic rings. The molecule has 0 unspecified atom stereocenters. The molecule has 0 atom stereocenters. The van der Waals surface area contributed by atoms with E-state index in [9.17, 15) is 0 Å². The first-order valence-electron chi connectivity index (χ1n) is 6.18. The number of fused-ring (bicyclic) bond motifs is 1. The number of ether oxygens (including phenoxy) is 1. The molecule has 0 saturated heterocycles. The summed E-state index contributed by atoms with van der Waals surface area (Å²) in [5.41, 5.74) is 7.91. The largest absolute Gasteiger partial charge is 0.493 e. The van der Waals surface area contributed by atoms with Crippen molar-refractivity contribution in [1.82, 2.24) is 5.32 Å². The SMILES string of the molecule is CCCNC(N)=NCc1cc(Cl)cc2c1OCC2. The Morgan fingerprint density at radius 1 is 1.56 bits per heavy atom. The lowest BCUT2D eigenvalue weighted by Crippen LogP contribution is -2.32. The number of nitrogens with two attached hydrogens (primary N) is 1. The van der Waals surface area contributed by atoms with Gasteiger partial charge in [-0.25, -0.2) is 4.99 Å². The maximum Gasteiger partial charge on any atom is 0.188 e. The lowest BCUT2D eigenvalue weighted by molar-refractivity contribution is 0.353. The first-order chi connectivity index (χ1) is 8.70. The molecule has 4 nitrogen and oxygen atoms in total. The summed E-state index contributed by atoms with van der Waals surface area (Å²) in [6, 6.07) is 3.85. The van der Waals surface area contributed by atoms with Crippen LogP contribution in [-0.2, 0) is 13.0 Å². The maximum absolute atomic E-state index is 6.08. The lowest BCUT2D eigenvalue weighted by atomic mass is 10.1. The van der Waals surface area contributed by atoms with Crippen molar-refractivity contribution < 1.29 is 4.74 Å². The molecule has 0 bridgehead atoms. The molecule has 0 fully saturated rings. The molecule has 0 spiro atoms. The van der Waals surface area contributed by atoms with E-state index in [1.165, 1.54) is 0 Å². The van der Waals surface area contributed by atoms with Crippen LogP contribution >= 0.6 is 11.6 Å². The molecule has 0 aliphatic carbocycles. The van der Waals surface area contributed by atoms with Gasteiger partial charge in [-0.2, -0.15) is 0 Å². The lowest BCUT2D eigenvalue weighted by Gasteiger charge is -2.08. The van der Waals surface area contributed by atoms with E-state index in [1.807, 2.05) is 12.1 Å². The molecule has 1 heterocycles. The van der Waals surface area contributed by atoms with Gasteiger partial charge in [-0.3, -0.25) is 0 Å². The van der Waals surface area contributed by atoms with Gasteiger partial charge in [0, 0.05) is 23.6 Å². The molecule has 18 heavy (non-hydrogen) atoms. The van der Waals surface area contributed by atoms with E-state index < -0.39 is 0 Å². The molecule has 0 saturated carbocycles. The van der Waals surface area contributed by atoms with Crippen molar-refractivity contribution in [3.05, 3.63) is 28.3 Å². The Morgan fingerprint density at radius 3 is 3.17 bits per heavy atom. The van der Waals surface area contributed by atoms with Crippen molar-refractivity contribution in [2.24, 2.45) is 10.7 Å². The standard InChI is InChI=1S/C13H18ClN3O/c1-2-4-16-13(15)17-8-10-7-11(14)6-9-3-5-18-12(9)10/h6-7H,2-5,8H2,1H3,(H3,15,16,17). The zero-order chi connectivity index (χ0) is 13.0. The summed E-state index contributed by atoms with van der Waals surface area (Å²) >= 11 is 6.08. The van der Waals surface area contributed by atoms with Crippen LogP contribution in [0, 0.1) is 0 Å². The van der Waals surface area contributed by atoms with Crippen molar-refractivity contribution in [2.75, 3.05) is 13.2 Å². The Labute approximate surface area is 112 Å². The topological polar surface area (TPSA) is 59.6 Å². The molecule has 0 radical (unpaired) electrons. The predicted octanol–water partition coefficient (Wildman–Crippen LogP) is 2.09. The second-order valence-electron chi connectivity index (χ2n) is 4.28. The minimum Gasteiger partial charge on any atom is -0.493 e. The fourth-order valence-corrected chi connectivity index (χ4v) is 2.21. The van der Waals surface area contributed by atoms with E-state index in [-0.39, 0.29) is 0 Å². The number of guanidine groups is 1. The highest BCUT2D eigenvalue weighted by atomic mass is 35.5. The summed E-state index contributed by atoms with van der Waals surface area (Å²) in [7, 11) is 0. The quantitative estimate of drug-likeness (QED) is 0.649. The van der Waals surface area contributed by atoms with Crippen molar-refractivity contribution in [3.8, 4) is 5.75 Å². The third-order valence-corrected chi connectivity index (χ3v) is 3.02. The Bertz CT molecular complexity index is 460. The van der Waals surface area contributed by atoms with Crippen molar-refractivity contribution >= 4 is 17.6 Å². The fraction of sp³-hybridized carbons (Fsp3) is 0.462. The Hall–Kier alpha value is -1.42. The van der Waals surface area contributed by atoms with E-state index in [2.05, 4.69) is 17.2 Å². The number of benzene rings is 1. The molecule has 5 heteroatoms. The number of hydrogen-bond donors (Lipinski definition) is 2. The van der Waals surface area contributed by atoms with Crippen LogP contribution in [0.2, 0.25) is 5.02 Å². The highest BCUT2D eigenvalue weighted by Gasteiger charge is 2.17. The number of rotatable bonds is 4. The summed E-state index contributed by atoms with van der Waals surface area (Å²) < 4.78 is 5.61. The molecular weight excluding hydrogens is 250 g/mol. The molecular formula is C13H18ClN3O. The van der Waals surface area contributed by atoms with Crippen LogP contribution in [0.15, 0.2) is 17.1 Å². The number of hydrogen-bond acceptors (Lipinski definition) is 2. The van der Waals surface area contributed by atoms with Gasteiger partial charge in [-0.15, -0.1) is 0 Å². The van der Waals surface area contributed by atoms with E-state index in [0.717, 1.165) is 47.9 Å². The highest BCUT2D eigenvalue weighted by Crippen LogP contribution is 2.33. The zero-order valence-electron chi connectivity index (χ0n) is 10.5. The molecule has 0 aromatic heterocycles. The second kappa shape index (κ2) is 5.96. The van der Waals surface area contributed by atoms with Crippen LogP contribution in [0.4, 0.5) is 0 Å². The molecule has 1 aliphatic heterocycles. The average Bonchev–Trinajstić information content (AvgIpc) is 2.81. The van der Waals surface area contributed by atoms with Crippen LogP contribution in [-0.4, -0.2) is 19.1 Å². The van der Waals surface area contributed by atoms with Crippen LogP contribution in [0.3, 0.4) is 0 Å². The summed E-state index contributed by atoms with van der Waals surface area (Å²) in [5.74, 6) is 1.38. The van der Waals surface area contributed by atoms with Gasteiger partial charge in [-0.1, -0.05) is 18.5 Å². The second-order valence-corrected chi connectivity index (χ2v) is 4.72. The molecule has 1 aromatic carbocycles. The van der Waals surface area contributed by atoms with Gasteiger partial charge in [-0.05, 0) is 24.1 Å². The first kappa shape index (κ1) is 13.0. The summed E-state index contributed by atoms with van der Waals surface area (Å²) in [4.78, 5) is 4.30. The smallest absolute Gasteiger partial charge is 0.188 e. The van der Waals surface area contributed by atoms with Gasteiger partial charge >= 0.3 is 0 Å². The normalized spacial score (nSPS) is 14.2. The Balaban J connectivity index is 2.10. The van der Waals surface area contributed by atoms with E-state index in [1.54, 1.807) is 0 Å². The van der Waals surface area contributed by atoms with Crippen molar-refractivity contribution in [1.29, 1.82) is 0 Å². The Kier molecular flexibility index (Phi) is 4.31. The average molecular weight is 268 g/mol. The number of nitrogens with zero attached hydrogens (tertiary/aromatic N) is 1. The highest BCUT2D eigenvalue weighted by molar-refractivity contribution is 6.30. The van der Waals surface area contributed by atoms with Crippen LogP contribution in [0.5, 0.6) is 5.75 Å². The molecule has 0 amide bonds. The number of aliphatic imine (C=N–C) groups is 1. The number of halogens is 1. The third kappa shape index (κ3) is 3.07.